The fourth-order valence-corrected chi connectivity index (χ4v) is 1.54. The van der Waals surface area contributed by atoms with Gasteiger partial charge in [0.25, 0.3) is 0 Å². The van der Waals surface area contributed by atoms with Crippen LogP contribution in [0, 0.1) is 0 Å². The maximum atomic E-state index is 5.84. The number of halogens is 1. The van der Waals surface area contributed by atoms with Crippen molar-refractivity contribution < 1.29 is 4.74 Å². The predicted octanol–water partition coefficient (Wildman–Crippen LogP) is 1.84. The van der Waals surface area contributed by atoms with E-state index in [1.165, 1.54) is 0 Å². The highest BCUT2D eigenvalue weighted by Crippen LogP contribution is 2.10. The standard InChI is InChI=1S/C15H27N5O.HI/c1-5-12(2)19-15(16)18-11-13-6-7-17-14(10-13)21-9-8-20(3)4;/h6-7,10,12H,5,8-9,11H2,1-4H3,(H3,16,18,19);1H. The average molecular weight is 421 g/mol. The van der Waals surface area contributed by atoms with Gasteiger partial charge >= 0.3 is 0 Å². The van der Waals surface area contributed by atoms with Gasteiger partial charge in [0.05, 0.1) is 6.54 Å². The highest BCUT2D eigenvalue weighted by atomic mass is 127. The lowest BCUT2D eigenvalue weighted by Crippen LogP contribution is -2.38. The molecule has 0 saturated carbocycles. The molecule has 0 spiro atoms. The molecule has 0 aliphatic rings. The first-order valence-corrected chi connectivity index (χ1v) is 7.30. The molecule has 1 heterocycles. The summed E-state index contributed by atoms with van der Waals surface area (Å²) in [5, 5.41) is 3.14. The summed E-state index contributed by atoms with van der Waals surface area (Å²) in [6.45, 7) is 6.17. The Labute approximate surface area is 150 Å². The summed E-state index contributed by atoms with van der Waals surface area (Å²) in [6.07, 6.45) is 2.74. The summed E-state index contributed by atoms with van der Waals surface area (Å²) in [6, 6.07) is 4.14. The quantitative estimate of drug-likeness (QED) is 0.381. The van der Waals surface area contributed by atoms with E-state index in [-0.39, 0.29) is 24.0 Å². The average Bonchev–Trinajstić information content (AvgIpc) is 2.45. The number of rotatable bonds is 8. The number of nitrogens with two attached hydrogens (primary N) is 1. The SMILES string of the molecule is CCC(C)NC(N)=NCc1ccnc(OCCN(C)C)c1.I. The van der Waals surface area contributed by atoms with Gasteiger partial charge in [-0.1, -0.05) is 6.92 Å². The van der Waals surface area contributed by atoms with Gasteiger partial charge in [-0.05, 0) is 39.1 Å². The van der Waals surface area contributed by atoms with Crippen molar-refractivity contribution >= 4 is 29.9 Å². The molecule has 1 aromatic rings. The summed E-state index contributed by atoms with van der Waals surface area (Å²) in [4.78, 5) is 10.6. The van der Waals surface area contributed by atoms with Crippen LogP contribution < -0.4 is 15.8 Å². The molecule has 6 nitrogen and oxygen atoms in total. The van der Waals surface area contributed by atoms with Crippen molar-refractivity contribution in [3.63, 3.8) is 0 Å². The monoisotopic (exact) mass is 421 g/mol. The molecule has 1 atom stereocenters. The summed E-state index contributed by atoms with van der Waals surface area (Å²) < 4.78 is 5.60. The van der Waals surface area contributed by atoms with Crippen LogP contribution in [0.1, 0.15) is 25.8 Å². The van der Waals surface area contributed by atoms with Crippen LogP contribution in [-0.4, -0.2) is 49.1 Å². The Morgan fingerprint density at radius 1 is 1.50 bits per heavy atom. The summed E-state index contributed by atoms with van der Waals surface area (Å²) in [5.41, 5.74) is 6.86. The first kappa shape index (κ1) is 20.9. The van der Waals surface area contributed by atoms with E-state index in [9.17, 15) is 0 Å². The maximum absolute atomic E-state index is 5.84. The second-order valence-electron chi connectivity index (χ2n) is 5.31. The molecular formula is C15H28IN5O. The lowest BCUT2D eigenvalue weighted by Gasteiger charge is -2.12. The van der Waals surface area contributed by atoms with Gasteiger partial charge < -0.3 is 20.7 Å². The zero-order chi connectivity index (χ0) is 15.7. The van der Waals surface area contributed by atoms with Crippen LogP contribution in [0.2, 0.25) is 0 Å². The number of ether oxygens (including phenoxy) is 1. The Kier molecular flexibility index (Phi) is 10.9. The number of hydrogen-bond acceptors (Lipinski definition) is 4. The normalized spacial score (nSPS) is 12.7. The fraction of sp³-hybridized carbons (Fsp3) is 0.600. The fourth-order valence-electron chi connectivity index (χ4n) is 1.54. The van der Waals surface area contributed by atoms with Crippen molar-refractivity contribution in [2.24, 2.45) is 10.7 Å². The Morgan fingerprint density at radius 2 is 2.23 bits per heavy atom. The lowest BCUT2D eigenvalue weighted by molar-refractivity contribution is 0.253. The number of aromatic nitrogens is 1. The molecule has 0 amide bonds. The largest absolute Gasteiger partial charge is 0.476 e. The van der Waals surface area contributed by atoms with E-state index in [4.69, 9.17) is 10.5 Å². The molecule has 3 N–H and O–H groups in total. The van der Waals surface area contributed by atoms with Crippen molar-refractivity contribution in [1.82, 2.24) is 15.2 Å². The molecule has 1 unspecified atom stereocenters. The van der Waals surface area contributed by atoms with E-state index in [0.29, 0.717) is 31.0 Å². The van der Waals surface area contributed by atoms with Gasteiger partial charge in [-0.15, -0.1) is 24.0 Å². The van der Waals surface area contributed by atoms with Gasteiger partial charge in [-0.25, -0.2) is 9.98 Å². The third kappa shape index (κ3) is 9.04. The van der Waals surface area contributed by atoms with Crippen molar-refractivity contribution in [3.05, 3.63) is 23.9 Å². The molecule has 0 aliphatic carbocycles. The molecule has 0 aromatic carbocycles. The third-order valence-corrected chi connectivity index (χ3v) is 3.03. The van der Waals surface area contributed by atoms with E-state index in [1.807, 2.05) is 26.2 Å². The van der Waals surface area contributed by atoms with Crippen LogP contribution in [-0.2, 0) is 6.54 Å². The molecule has 0 saturated heterocycles. The van der Waals surface area contributed by atoms with Gasteiger partial charge in [0.1, 0.15) is 6.61 Å². The zero-order valence-electron chi connectivity index (χ0n) is 13.9. The van der Waals surface area contributed by atoms with Crippen LogP contribution in [0.15, 0.2) is 23.3 Å². The number of guanidine groups is 1. The molecule has 22 heavy (non-hydrogen) atoms. The molecule has 0 radical (unpaired) electrons. The molecule has 0 fully saturated rings. The Bertz CT molecular complexity index is 453. The van der Waals surface area contributed by atoms with Crippen molar-refractivity contribution in [2.45, 2.75) is 32.9 Å². The number of pyridine rings is 1. The van der Waals surface area contributed by atoms with Gasteiger partial charge in [-0.2, -0.15) is 0 Å². The predicted molar refractivity (Wildman–Crippen MR) is 102 cm³/mol. The van der Waals surface area contributed by atoms with Gasteiger partial charge in [0.2, 0.25) is 5.88 Å². The number of likely N-dealkylation sites (N-methyl/N-ethyl adjacent to an activating group) is 1. The van der Waals surface area contributed by atoms with Crippen LogP contribution in [0.3, 0.4) is 0 Å². The van der Waals surface area contributed by atoms with Crippen LogP contribution in [0.5, 0.6) is 5.88 Å². The zero-order valence-corrected chi connectivity index (χ0v) is 16.2. The maximum Gasteiger partial charge on any atom is 0.213 e. The van der Waals surface area contributed by atoms with Crippen molar-refractivity contribution in [1.29, 1.82) is 0 Å². The molecule has 0 bridgehead atoms. The van der Waals surface area contributed by atoms with E-state index < -0.39 is 0 Å². The van der Waals surface area contributed by atoms with Crippen molar-refractivity contribution in [2.75, 3.05) is 27.2 Å². The first-order valence-electron chi connectivity index (χ1n) is 7.30. The Hall–Kier alpha value is -1.09. The van der Waals surface area contributed by atoms with E-state index in [1.54, 1.807) is 6.20 Å². The first-order chi connectivity index (χ1) is 10.0. The Morgan fingerprint density at radius 3 is 2.86 bits per heavy atom. The molecule has 126 valence electrons. The number of aliphatic imine (C=N–C) groups is 1. The minimum atomic E-state index is 0. The highest BCUT2D eigenvalue weighted by Gasteiger charge is 2.01. The van der Waals surface area contributed by atoms with Crippen LogP contribution >= 0.6 is 24.0 Å². The van der Waals surface area contributed by atoms with E-state index in [0.717, 1.165) is 18.5 Å². The van der Waals surface area contributed by atoms with Crippen LogP contribution in [0.4, 0.5) is 0 Å². The third-order valence-electron chi connectivity index (χ3n) is 3.03. The second kappa shape index (κ2) is 11.5. The topological polar surface area (TPSA) is 75.8 Å². The highest BCUT2D eigenvalue weighted by molar-refractivity contribution is 14.0. The molecule has 0 aliphatic heterocycles. The number of hydrogen-bond donors (Lipinski definition) is 2. The molecule has 1 aromatic heterocycles. The van der Waals surface area contributed by atoms with Crippen molar-refractivity contribution in [3.8, 4) is 5.88 Å². The lowest BCUT2D eigenvalue weighted by atomic mass is 10.2. The van der Waals surface area contributed by atoms with Gasteiger partial charge in [0, 0.05) is 24.8 Å². The number of nitrogens with one attached hydrogen (secondary N) is 1. The van der Waals surface area contributed by atoms with Gasteiger partial charge in [0.15, 0.2) is 5.96 Å². The van der Waals surface area contributed by atoms with Crippen LogP contribution in [0.25, 0.3) is 0 Å². The molecule has 1 rings (SSSR count). The van der Waals surface area contributed by atoms with E-state index >= 15 is 0 Å². The minimum Gasteiger partial charge on any atom is -0.476 e. The summed E-state index contributed by atoms with van der Waals surface area (Å²) in [7, 11) is 4.02. The van der Waals surface area contributed by atoms with Gasteiger partial charge in [-0.3, -0.25) is 0 Å². The Balaban J connectivity index is 0.00000441. The second-order valence-corrected chi connectivity index (χ2v) is 5.31. The smallest absolute Gasteiger partial charge is 0.213 e. The summed E-state index contributed by atoms with van der Waals surface area (Å²) >= 11 is 0. The number of nitrogens with zero attached hydrogens (tertiary/aromatic N) is 3. The molecule has 7 heteroatoms. The minimum absolute atomic E-state index is 0. The molecular weight excluding hydrogens is 393 g/mol. The van der Waals surface area contributed by atoms with E-state index in [2.05, 4.69) is 34.0 Å². The summed E-state index contributed by atoms with van der Waals surface area (Å²) in [5.74, 6) is 1.09.